The van der Waals surface area contributed by atoms with E-state index in [0.717, 1.165) is 15.6 Å². The average molecular weight is 915 g/mol. The molecule has 0 aliphatic carbocycles. The largest absolute Gasteiger partial charge is 0.487 e. The number of nitrogens with one attached hydrogen (secondary N) is 2. The second-order valence-corrected chi connectivity index (χ2v) is 19.6. The summed E-state index contributed by atoms with van der Waals surface area (Å²) in [6.45, 7) is 5.36. The van der Waals surface area contributed by atoms with Gasteiger partial charge >= 0.3 is 12.1 Å². The number of carbonyl (C=O) groups is 3. The van der Waals surface area contributed by atoms with Gasteiger partial charge in [-0.2, -0.15) is 4.31 Å². The number of hydrogen-bond donors (Lipinski definition) is 3. The molecule has 0 saturated carbocycles. The lowest BCUT2D eigenvalue weighted by Crippen LogP contribution is -2.55. The third kappa shape index (κ3) is 11.6. The van der Waals surface area contributed by atoms with Gasteiger partial charge in [0, 0.05) is 41.4 Å². The highest BCUT2D eigenvalue weighted by atomic mass is 32.2. The first-order valence-electron chi connectivity index (χ1n) is 20.2. The zero-order valence-electron chi connectivity index (χ0n) is 34.4. The van der Waals surface area contributed by atoms with Crippen molar-refractivity contribution >= 4 is 50.7 Å². The number of fused-ring (bicyclic) bond motifs is 2. The van der Waals surface area contributed by atoms with Crippen LogP contribution in [0.3, 0.4) is 0 Å². The van der Waals surface area contributed by atoms with Gasteiger partial charge in [-0.1, -0.05) is 32.0 Å². The van der Waals surface area contributed by atoms with E-state index in [-0.39, 0.29) is 62.0 Å². The fraction of sp³-hybridized carbons (Fsp3) is 0.476. The Bertz CT molecular complexity index is 2250. The van der Waals surface area contributed by atoms with Gasteiger partial charge in [0.2, 0.25) is 22.7 Å². The Morgan fingerprint density at radius 1 is 1.03 bits per heavy atom. The van der Waals surface area contributed by atoms with Crippen LogP contribution >= 0.6 is 22.7 Å². The molecule has 6 atom stereocenters. The van der Waals surface area contributed by atoms with E-state index in [4.69, 9.17) is 33.2 Å². The van der Waals surface area contributed by atoms with E-state index in [2.05, 4.69) is 15.6 Å². The molecule has 4 aromatic rings. The van der Waals surface area contributed by atoms with Crippen molar-refractivity contribution in [1.29, 1.82) is 0 Å². The van der Waals surface area contributed by atoms with Gasteiger partial charge in [0.15, 0.2) is 23.9 Å². The Balaban J connectivity index is 1.21. The van der Waals surface area contributed by atoms with E-state index < -0.39 is 71.6 Å². The maximum absolute atomic E-state index is 14.6. The smallest absolute Gasteiger partial charge is 0.407 e. The van der Waals surface area contributed by atoms with E-state index in [1.165, 1.54) is 45.2 Å². The molecule has 2 aromatic carbocycles. The van der Waals surface area contributed by atoms with E-state index in [9.17, 15) is 27.9 Å². The number of thiophene rings is 1. The van der Waals surface area contributed by atoms with Crippen molar-refractivity contribution in [2.24, 2.45) is 17.8 Å². The number of nitrogens with zero attached hydrogens (tertiary/aromatic N) is 2. The number of benzene rings is 2. The summed E-state index contributed by atoms with van der Waals surface area (Å²) in [5.41, 5.74) is 1.43. The fourth-order valence-corrected chi connectivity index (χ4v) is 10.4. The highest BCUT2D eigenvalue weighted by Gasteiger charge is 2.45. The second-order valence-electron chi connectivity index (χ2n) is 15.5. The molecule has 3 N–H and O–H groups in total. The van der Waals surface area contributed by atoms with Crippen LogP contribution in [0.4, 0.5) is 4.79 Å². The van der Waals surface area contributed by atoms with Crippen molar-refractivity contribution in [2.45, 2.75) is 76.2 Å². The topological polar surface area (TPSA) is 210 Å². The highest BCUT2D eigenvalue weighted by Crippen LogP contribution is 2.36. The molecule has 62 heavy (non-hydrogen) atoms. The quantitative estimate of drug-likeness (QED) is 0.101. The van der Waals surface area contributed by atoms with Crippen LogP contribution in [0, 0.1) is 24.7 Å². The summed E-state index contributed by atoms with van der Waals surface area (Å²) in [6, 6.07) is 13.8. The van der Waals surface area contributed by atoms with Crippen LogP contribution < -0.4 is 24.8 Å². The first-order valence-corrected chi connectivity index (χ1v) is 23.4. The molecule has 17 nitrogen and oxygen atoms in total. The molecule has 1 unspecified atom stereocenters. The Kier molecular flexibility index (Phi) is 15.0. The summed E-state index contributed by atoms with van der Waals surface area (Å²) in [5, 5.41) is 21.2. The van der Waals surface area contributed by atoms with Gasteiger partial charge in [-0.3, -0.25) is 4.79 Å². The number of aryl methyl sites for hydroxylation is 1. The molecular weight excluding hydrogens is 865 g/mol. The van der Waals surface area contributed by atoms with Crippen LogP contribution in [0.2, 0.25) is 0 Å². The fourth-order valence-electron chi connectivity index (χ4n) is 7.51. The minimum Gasteiger partial charge on any atom is -0.487 e. The number of carboxylic acids is 1. The number of rotatable bonds is 21. The average Bonchev–Trinajstić information content (AvgIpc) is 4.10. The molecular formula is C42H50N4O13S3. The van der Waals surface area contributed by atoms with E-state index in [1.807, 2.05) is 43.7 Å². The van der Waals surface area contributed by atoms with Gasteiger partial charge in [0.25, 0.3) is 0 Å². The Labute approximate surface area is 367 Å². The lowest BCUT2D eigenvalue weighted by molar-refractivity contribution is -0.157. The number of amides is 2. The standard InChI is InChI=1S/C42H50N4O13S3/c1-25(2)18-46(62(51,52)31-10-11-35-36(16-31)58-24-57-35)19-33(39(40(48)49)55-22-38(47)43-17-30-5-4-14-60-30)34(45-42(50)59-37-21-56-41-32(37)12-13-53-41)15-27-6-8-29(9-7-27)54-20-28-23-61-26(3)44-28/h4-11,14,16,23,25,32-34,37,39,41H,12-13,15,17-22,24H2,1-3H3,(H,43,47)(H,45,50)(H,48,49)/t32-,33+,34?,37-,39-,41+/m0/s1. The first kappa shape index (κ1) is 45.2. The second kappa shape index (κ2) is 20.6. The maximum atomic E-state index is 14.6. The number of hydrogen-bond acceptors (Lipinski definition) is 15. The summed E-state index contributed by atoms with van der Waals surface area (Å²) in [6.07, 6.45) is -3.19. The van der Waals surface area contributed by atoms with Gasteiger partial charge in [-0.15, -0.1) is 22.7 Å². The van der Waals surface area contributed by atoms with Gasteiger partial charge in [0.1, 0.15) is 25.1 Å². The number of carboxylic acid groups (broad SMARTS) is 1. The normalized spacial score (nSPS) is 19.5. The van der Waals surface area contributed by atoms with Crippen LogP contribution in [0.15, 0.2) is 70.3 Å². The number of thiazole rings is 1. The number of alkyl carbamates (subject to hydrolysis) is 1. The van der Waals surface area contributed by atoms with Crippen molar-refractivity contribution in [1.82, 2.24) is 19.9 Å². The summed E-state index contributed by atoms with van der Waals surface area (Å²) < 4.78 is 70.4. The summed E-state index contributed by atoms with van der Waals surface area (Å²) in [4.78, 5) is 45.7. The molecule has 0 spiro atoms. The molecule has 3 aliphatic rings. The van der Waals surface area contributed by atoms with Crippen LogP contribution in [0.1, 0.15) is 41.4 Å². The summed E-state index contributed by atoms with van der Waals surface area (Å²) >= 11 is 2.96. The van der Waals surface area contributed by atoms with Gasteiger partial charge in [0.05, 0.1) is 41.3 Å². The van der Waals surface area contributed by atoms with E-state index in [0.29, 0.717) is 30.1 Å². The molecule has 0 bridgehead atoms. The zero-order valence-corrected chi connectivity index (χ0v) is 36.9. The van der Waals surface area contributed by atoms with Crippen molar-refractivity contribution in [3.8, 4) is 17.2 Å². The van der Waals surface area contributed by atoms with Gasteiger partial charge in [-0.05, 0) is 67.0 Å². The predicted molar refractivity (Wildman–Crippen MR) is 226 cm³/mol. The molecule has 2 amide bonds. The Hall–Kier alpha value is -4.83. The molecule has 2 aromatic heterocycles. The van der Waals surface area contributed by atoms with Crippen LogP contribution in [-0.4, -0.2) is 105 Å². The van der Waals surface area contributed by atoms with Gasteiger partial charge < -0.3 is 48.9 Å². The number of aliphatic carboxylic acids is 1. The number of sulfonamides is 1. The zero-order chi connectivity index (χ0) is 43.8. The predicted octanol–water partition coefficient (Wildman–Crippen LogP) is 4.97. The van der Waals surface area contributed by atoms with E-state index in [1.54, 1.807) is 24.3 Å². The van der Waals surface area contributed by atoms with Crippen molar-refractivity contribution in [2.75, 3.05) is 39.7 Å². The van der Waals surface area contributed by atoms with Crippen molar-refractivity contribution in [3.05, 3.63) is 86.5 Å². The van der Waals surface area contributed by atoms with Crippen LogP contribution in [0.5, 0.6) is 17.2 Å². The lowest BCUT2D eigenvalue weighted by Gasteiger charge is -2.36. The third-order valence-electron chi connectivity index (χ3n) is 10.5. The Morgan fingerprint density at radius 3 is 2.56 bits per heavy atom. The minimum atomic E-state index is -4.36. The SMILES string of the molecule is Cc1nc(COc2ccc(CC(NC(=O)O[C@H]3CO[C@H]4OCC[C@H]43)[C@@H](CN(CC(C)C)S(=O)(=O)c3ccc4c(c3)OCO4)[C@H](OCC(=O)NCc3cccs3)C(=O)O)cc2)cs1. The highest BCUT2D eigenvalue weighted by molar-refractivity contribution is 7.89. The molecule has 5 heterocycles. The minimum absolute atomic E-state index is 0.00103. The first-order chi connectivity index (χ1) is 29.8. The molecule has 2 fully saturated rings. The monoisotopic (exact) mass is 914 g/mol. The lowest BCUT2D eigenvalue weighted by atomic mass is 9.88. The van der Waals surface area contributed by atoms with Crippen LogP contribution in [0.25, 0.3) is 0 Å². The molecule has 7 rings (SSSR count). The van der Waals surface area contributed by atoms with Crippen LogP contribution in [-0.2, 0) is 58.1 Å². The number of aromatic nitrogens is 1. The van der Waals surface area contributed by atoms with Crippen molar-refractivity contribution < 1.29 is 61.1 Å². The number of carbonyl (C=O) groups excluding carboxylic acids is 2. The van der Waals surface area contributed by atoms with Gasteiger partial charge in [-0.25, -0.2) is 23.0 Å². The molecule has 334 valence electrons. The van der Waals surface area contributed by atoms with E-state index >= 15 is 0 Å². The summed E-state index contributed by atoms with van der Waals surface area (Å²) in [5.74, 6) is -2.60. The Morgan fingerprint density at radius 2 is 1.84 bits per heavy atom. The molecule has 20 heteroatoms. The molecule has 2 saturated heterocycles. The third-order valence-corrected chi connectivity index (χ3v) is 14.1. The maximum Gasteiger partial charge on any atom is 0.407 e. The molecule has 0 radical (unpaired) electrons. The summed E-state index contributed by atoms with van der Waals surface area (Å²) in [7, 11) is -4.36. The number of ether oxygens (including phenoxy) is 7. The molecule has 3 aliphatic heterocycles. The van der Waals surface area contributed by atoms with Crippen molar-refractivity contribution in [3.63, 3.8) is 0 Å².